The van der Waals surface area contributed by atoms with Crippen molar-refractivity contribution in [1.82, 2.24) is 29.1 Å². The molecule has 11 nitrogen and oxygen atoms in total. The van der Waals surface area contributed by atoms with Crippen molar-refractivity contribution in [3.63, 3.8) is 0 Å². The minimum Gasteiger partial charge on any atom is -0.314 e. The fourth-order valence-electron chi connectivity index (χ4n) is 5.06. The highest BCUT2D eigenvalue weighted by molar-refractivity contribution is 7.89. The molecule has 1 saturated heterocycles. The molecule has 0 unspecified atom stereocenters. The first-order chi connectivity index (χ1) is 17.3. The lowest BCUT2D eigenvalue weighted by molar-refractivity contribution is 0.101. The van der Waals surface area contributed by atoms with Crippen molar-refractivity contribution < 1.29 is 13.2 Å². The van der Waals surface area contributed by atoms with Crippen molar-refractivity contribution in [2.45, 2.75) is 50.5 Å². The average molecular weight is 512 g/mol. The quantitative estimate of drug-likeness (QED) is 0.477. The summed E-state index contributed by atoms with van der Waals surface area (Å²) < 4.78 is 28.8. The monoisotopic (exact) mass is 511 g/mol. The van der Waals surface area contributed by atoms with Crippen molar-refractivity contribution in [2.24, 2.45) is 0 Å². The van der Waals surface area contributed by atoms with Crippen LogP contribution in [0.25, 0.3) is 11.0 Å². The van der Waals surface area contributed by atoms with Gasteiger partial charge in [-0.1, -0.05) is 12.8 Å². The molecule has 0 radical (unpaired) electrons. The Morgan fingerprint density at radius 2 is 1.83 bits per heavy atom. The number of hydrogen-bond acceptors (Lipinski definition) is 9. The van der Waals surface area contributed by atoms with Gasteiger partial charge >= 0.3 is 0 Å². The summed E-state index contributed by atoms with van der Waals surface area (Å²) in [4.78, 5) is 39.0. The first kappa shape index (κ1) is 24.5. The summed E-state index contributed by atoms with van der Waals surface area (Å²) in [5, 5.41) is 6.81. The Labute approximate surface area is 209 Å². The predicted octanol–water partition coefficient (Wildman–Crippen LogP) is 2.15. The van der Waals surface area contributed by atoms with E-state index in [1.165, 1.54) is 23.5 Å². The molecule has 1 aliphatic heterocycles. The van der Waals surface area contributed by atoms with E-state index in [-0.39, 0.29) is 33.8 Å². The van der Waals surface area contributed by atoms with Gasteiger partial charge < -0.3 is 10.6 Å². The second kappa shape index (κ2) is 9.68. The number of fused-ring (bicyclic) bond motifs is 1. The topological polar surface area (TPSA) is 139 Å². The molecule has 0 bridgehead atoms. The highest BCUT2D eigenvalue weighted by atomic mass is 32.2. The Bertz CT molecular complexity index is 1470. The van der Waals surface area contributed by atoms with E-state index in [1.54, 1.807) is 23.8 Å². The summed E-state index contributed by atoms with van der Waals surface area (Å²) in [5.41, 5.74) is 0.917. The van der Waals surface area contributed by atoms with Crippen molar-refractivity contribution in [1.29, 1.82) is 0 Å². The summed E-state index contributed by atoms with van der Waals surface area (Å²) in [7, 11) is -3.61. The van der Waals surface area contributed by atoms with Gasteiger partial charge in [0.2, 0.25) is 16.0 Å². The van der Waals surface area contributed by atoms with Gasteiger partial charge in [0.05, 0.1) is 5.56 Å². The normalized spacial score (nSPS) is 17.5. The molecular formula is C24H29N7O4S. The fraction of sp³-hybridized carbons (Fsp3) is 0.458. The van der Waals surface area contributed by atoms with E-state index in [0.717, 1.165) is 25.7 Å². The van der Waals surface area contributed by atoms with E-state index in [1.807, 2.05) is 0 Å². The summed E-state index contributed by atoms with van der Waals surface area (Å²) in [6.07, 6.45) is 6.68. The van der Waals surface area contributed by atoms with Crippen molar-refractivity contribution >= 4 is 38.6 Å². The molecule has 2 fully saturated rings. The van der Waals surface area contributed by atoms with Gasteiger partial charge in [-0.05, 0) is 44.4 Å². The molecule has 0 atom stereocenters. The summed E-state index contributed by atoms with van der Waals surface area (Å²) in [5.74, 6) is 0.336. The van der Waals surface area contributed by atoms with Crippen LogP contribution in [-0.2, 0) is 10.0 Å². The van der Waals surface area contributed by atoms with Crippen LogP contribution in [0.3, 0.4) is 0 Å². The predicted molar refractivity (Wildman–Crippen MR) is 135 cm³/mol. The van der Waals surface area contributed by atoms with Gasteiger partial charge in [0.15, 0.2) is 5.78 Å². The number of carbonyl (C=O) groups excluding carboxylic acids is 1. The fourth-order valence-corrected chi connectivity index (χ4v) is 6.45. The highest BCUT2D eigenvalue weighted by Gasteiger charge is 2.27. The zero-order valence-corrected chi connectivity index (χ0v) is 21.1. The SMILES string of the molecule is CC(=O)c1c(C)c2cnc(Nc3ccc(S(=O)(=O)N4CCNCC4)cn3)nc2n(C2CCCC2)c1=O. The number of anilines is 2. The lowest BCUT2D eigenvalue weighted by atomic mass is 10.0. The second-order valence-electron chi connectivity index (χ2n) is 9.26. The zero-order valence-electron chi connectivity index (χ0n) is 20.3. The minimum atomic E-state index is -3.61. The Hall–Kier alpha value is -3.22. The van der Waals surface area contributed by atoms with Gasteiger partial charge in [0, 0.05) is 50.0 Å². The van der Waals surface area contributed by atoms with E-state index < -0.39 is 10.0 Å². The molecule has 12 heteroatoms. The maximum atomic E-state index is 13.3. The van der Waals surface area contributed by atoms with E-state index in [2.05, 4.69) is 25.6 Å². The van der Waals surface area contributed by atoms with Gasteiger partial charge in [-0.2, -0.15) is 9.29 Å². The largest absolute Gasteiger partial charge is 0.314 e. The standard InChI is InChI=1S/C24H29N7O4S/c1-15-19-14-27-24(29-22(19)31(17-5-3-4-6-17)23(33)21(15)16(2)32)28-20-8-7-18(13-26-20)36(34,35)30-11-9-25-10-12-30/h7-8,13-14,17,25H,3-6,9-12H2,1-2H3,(H,26,27,28,29). The summed E-state index contributed by atoms with van der Waals surface area (Å²) in [6, 6.07) is 3.05. The number of aryl methyl sites for hydroxylation is 1. The number of piperazine rings is 1. The molecule has 3 aromatic heterocycles. The number of ketones is 1. The Kier molecular flexibility index (Phi) is 6.58. The van der Waals surface area contributed by atoms with Crippen molar-refractivity contribution in [2.75, 3.05) is 31.5 Å². The van der Waals surface area contributed by atoms with Crippen LogP contribution >= 0.6 is 0 Å². The van der Waals surface area contributed by atoms with Crippen LogP contribution in [0.15, 0.2) is 34.2 Å². The van der Waals surface area contributed by atoms with Crippen LogP contribution in [0.4, 0.5) is 11.8 Å². The third-order valence-electron chi connectivity index (χ3n) is 6.94. The molecule has 0 spiro atoms. The first-order valence-electron chi connectivity index (χ1n) is 12.1. The number of pyridine rings is 2. The lowest BCUT2D eigenvalue weighted by Gasteiger charge is -2.26. The third-order valence-corrected chi connectivity index (χ3v) is 8.82. The van der Waals surface area contributed by atoms with Gasteiger partial charge in [0.25, 0.3) is 5.56 Å². The van der Waals surface area contributed by atoms with Gasteiger partial charge in [-0.15, -0.1) is 0 Å². The van der Waals surface area contributed by atoms with E-state index in [0.29, 0.717) is 48.6 Å². The molecule has 190 valence electrons. The second-order valence-corrected chi connectivity index (χ2v) is 11.2. The number of nitrogens with zero attached hydrogens (tertiary/aromatic N) is 5. The van der Waals surface area contributed by atoms with E-state index in [4.69, 9.17) is 0 Å². The molecule has 2 aliphatic rings. The van der Waals surface area contributed by atoms with Crippen LogP contribution in [0.1, 0.15) is 54.6 Å². The molecule has 2 N–H and O–H groups in total. The summed E-state index contributed by atoms with van der Waals surface area (Å²) in [6.45, 7) is 5.22. The lowest BCUT2D eigenvalue weighted by Crippen LogP contribution is -2.46. The molecule has 4 heterocycles. The molecule has 0 aromatic carbocycles. The molecule has 1 aliphatic carbocycles. The number of carbonyl (C=O) groups is 1. The van der Waals surface area contributed by atoms with Crippen molar-refractivity contribution in [3.8, 4) is 0 Å². The Morgan fingerprint density at radius 1 is 1.11 bits per heavy atom. The Balaban J connectivity index is 1.49. The number of Topliss-reactive ketones (excluding diaryl/α,β-unsaturated/α-hetero) is 1. The number of aromatic nitrogens is 4. The molecule has 1 saturated carbocycles. The number of hydrogen-bond donors (Lipinski definition) is 2. The molecule has 3 aromatic rings. The number of sulfonamides is 1. The average Bonchev–Trinajstić information content (AvgIpc) is 3.39. The van der Waals surface area contributed by atoms with Crippen LogP contribution in [-0.4, -0.2) is 64.2 Å². The number of rotatable bonds is 6. The van der Waals surface area contributed by atoms with Crippen LogP contribution in [0.5, 0.6) is 0 Å². The first-order valence-corrected chi connectivity index (χ1v) is 13.6. The van der Waals surface area contributed by atoms with Crippen LogP contribution < -0.4 is 16.2 Å². The van der Waals surface area contributed by atoms with Crippen molar-refractivity contribution in [3.05, 3.63) is 46.0 Å². The van der Waals surface area contributed by atoms with Crippen LogP contribution in [0, 0.1) is 6.92 Å². The molecule has 36 heavy (non-hydrogen) atoms. The maximum Gasteiger partial charge on any atom is 0.263 e. The zero-order chi connectivity index (χ0) is 25.4. The third kappa shape index (κ3) is 4.40. The van der Waals surface area contributed by atoms with Crippen LogP contribution in [0.2, 0.25) is 0 Å². The molecule has 0 amide bonds. The molecule has 5 rings (SSSR count). The van der Waals surface area contributed by atoms with Gasteiger partial charge in [-0.3, -0.25) is 14.2 Å². The summed E-state index contributed by atoms with van der Waals surface area (Å²) >= 11 is 0. The minimum absolute atomic E-state index is 0.0194. The van der Waals surface area contributed by atoms with Gasteiger partial charge in [-0.25, -0.2) is 18.4 Å². The Morgan fingerprint density at radius 3 is 2.47 bits per heavy atom. The highest BCUT2D eigenvalue weighted by Crippen LogP contribution is 2.32. The maximum absolute atomic E-state index is 13.3. The van der Waals surface area contributed by atoms with E-state index in [9.17, 15) is 18.0 Å². The smallest absolute Gasteiger partial charge is 0.263 e. The number of nitrogens with one attached hydrogen (secondary N) is 2. The molecular weight excluding hydrogens is 482 g/mol. The van der Waals surface area contributed by atoms with Gasteiger partial charge in [0.1, 0.15) is 16.4 Å². The van der Waals surface area contributed by atoms with E-state index >= 15 is 0 Å².